The maximum Gasteiger partial charge on any atom is 0.253 e. The van der Waals surface area contributed by atoms with Crippen LogP contribution in [0.1, 0.15) is 43.6 Å². The van der Waals surface area contributed by atoms with Crippen molar-refractivity contribution >= 4 is 23.4 Å². The number of hydrogen-bond acceptors (Lipinski definition) is 2. The molecular weight excluding hydrogens is 360 g/mol. The van der Waals surface area contributed by atoms with Crippen LogP contribution in [0.5, 0.6) is 0 Å². The van der Waals surface area contributed by atoms with Gasteiger partial charge in [0.1, 0.15) is 6.04 Å². The maximum atomic E-state index is 12.8. The Labute approximate surface area is 166 Å². The monoisotopic (exact) mass is 386 g/mol. The smallest absolute Gasteiger partial charge is 0.253 e. The number of hydrogen-bond donors (Lipinski definition) is 2. The summed E-state index contributed by atoms with van der Waals surface area (Å²) in [5.41, 5.74) is 1.29. The summed E-state index contributed by atoms with van der Waals surface area (Å²) in [5.74, 6) is -0.609. The van der Waals surface area contributed by atoms with E-state index in [1.807, 2.05) is 44.2 Å². The van der Waals surface area contributed by atoms with Crippen molar-refractivity contribution in [2.24, 2.45) is 5.92 Å². The molecule has 2 N–H and O–H groups in total. The lowest BCUT2D eigenvalue weighted by Gasteiger charge is -2.28. The molecule has 2 aromatic carbocycles. The summed E-state index contributed by atoms with van der Waals surface area (Å²) in [6.07, 6.45) is 0. The Bertz CT molecular complexity index is 788. The Kier molecular flexibility index (Phi) is 7.03. The minimum absolute atomic E-state index is 0.0590. The highest BCUT2D eigenvalue weighted by molar-refractivity contribution is 6.33. The van der Waals surface area contributed by atoms with Crippen LogP contribution in [0, 0.1) is 5.92 Å². The predicted octanol–water partition coefficient (Wildman–Crippen LogP) is 4.19. The van der Waals surface area contributed by atoms with Gasteiger partial charge in [-0.2, -0.15) is 0 Å². The second-order valence-electron chi connectivity index (χ2n) is 7.64. The van der Waals surface area contributed by atoms with Crippen LogP contribution in [-0.4, -0.2) is 24.4 Å². The summed E-state index contributed by atoms with van der Waals surface area (Å²) in [7, 11) is 0. The van der Waals surface area contributed by atoms with Crippen LogP contribution in [0.3, 0.4) is 0 Å². The maximum absolute atomic E-state index is 12.8. The van der Waals surface area contributed by atoms with Gasteiger partial charge in [0.2, 0.25) is 5.91 Å². The van der Waals surface area contributed by atoms with Crippen molar-refractivity contribution in [2.75, 3.05) is 6.54 Å². The van der Waals surface area contributed by atoms with Gasteiger partial charge in [-0.05, 0) is 23.6 Å². The number of nitrogens with one attached hydrogen (secondary N) is 2. The summed E-state index contributed by atoms with van der Waals surface area (Å²) >= 11 is 6.09. The normalized spacial score (nSPS) is 12.5. The van der Waals surface area contributed by atoms with Gasteiger partial charge in [0.15, 0.2) is 0 Å². The molecule has 0 spiro atoms. The Morgan fingerprint density at radius 2 is 1.59 bits per heavy atom. The van der Waals surface area contributed by atoms with Gasteiger partial charge in [-0.25, -0.2) is 0 Å². The molecule has 0 aliphatic rings. The molecule has 0 radical (unpaired) electrons. The SMILES string of the molecule is CC(C)C(NC(=O)c1ccccc1Cl)C(=O)NCC(C)(C)c1ccccc1. The van der Waals surface area contributed by atoms with Crippen molar-refractivity contribution in [3.63, 3.8) is 0 Å². The van der Waals surface area contributed by atoms with Gasteiger partial charge in [0.25, 0.3) is 5.91 Å². The number of carbonyl (C=O) groups is 2. The van der Waals surface area contributed by atoms with E-state index >= 15 is 0 Å². The van der Waals surface area contributed by atoms with Gasteiger partial charge in [-0.1, -0.05) is 81.8 Å². The quantitative estimate of drug-likeness (QED) is 0.749. The average Bonchev–Trinajstić information content (AvgIpc) is 2.65. The first kappa shape index (κ1) is 21.0. The molecular formula is C22H27ClN2O2. The molecule has 0 bridgehead atoms. The third kappa shape index (κ3) is 5.57. The number of amides is 2. The summed E-state index contributed by atoms with van der Waals surface area (Å²) < 4.78 is 0. The topological polar surface area (TPSA) is 58.2 Å². The molecule has 0 fully saturated rings. The molecule has 0 aliphatic carbocycles. The van der Waals surface area contributed by atoms with Crippen molar-refractivity contribution in [1.82, 2.24) is 10.6 Å². The molecule has 0 aromatic heterocycles. The van der Waals surface area contributed by atoms with Gasteiger partial charge < -0.3 is 10.6 Å². The van der Waals surface area contributed by atoms with E-state index in [2.05, 4.69) is 24.5 Å². The molecule has 27 heavy (non-hydrogen) atoms. The summed E-state index contributed by atoms with van der Waals surface area (Å²) in [5, 5.41) is 6.17. The molecule has 0 heterocycles. The molecule has 1 unspecified atom stereocenters. The number of benzene rings is 2. The number of halogens is 1. The van der Waals surface area contributed by atoms with Gasteiger partial charge in [-0.15, -0.1) is 0 Å². The van der Waals surface area contributed by atoms with Crippen molar-refractivity contribution < 1.29 is 9.59 Å². The fraction of sp³-hybridized carbons (Fsp3) is 0.364. The predicted molar refractivity (Wildman–Crippen MR) is 110 cm³/mol. The zero-order chi connectivity index (χ0) is 20.0. The Hall–Kier alpha value is -2.33. The average molecular weight is 387 g/mol. The van der Waals surface area contributed by atoms with Crippen molar-refractivity contribution in [2.45, 2.75) is 39.2 Å². The molecule has 4 nitrogen and oxygen atoms in total. The van der Waals surface area contributed by atoms with E-state index in [0.29, 0.717) is 17.1 Å². The van der Waals surface area contributed by atoms with Crippen LogP contribution in [0.25, 0.3) is 0 Å². The van der Waals surface area contributed by atoms with Crippen molar-refractivity contribution in [1.29, 1.82) is 0 Å². The third-order valence-electron chi connectivity index (χ3n) is 4.61. The van der Waals surface area contributed by atoms with Gasteiger partial charge in [0, 0.05) is 12.0 Å². The fourth-order valence-corrected chi connectivity index (χ4v) is 3.03. The molecule has 2 amide bonds. The highest BCUT2D eigenvalue weighted by atomic mass is 35.5. The first-order chi connectivity index (χ1) is 12.7. The molecule has 2 aromatic rings. The standard InChI is InChI=1S/C22H27ClN2O2/c1-15(2)19(25-20(26)17-12-8-9-13-18(17)23)21(27)24-14-22(3,4)16-10-6-5-7-11-16/h5-13,15,19H,14H2,1-4H3,(H,24,27)(H,25,26). The Morgan fingerprint density at radius 3 is 2.19 bits per heavy atom. The molecule has 1 atom stereocenters. The van der Waals surface area contributed by atoms with Gasteiger partial charge >= 0.3 is 0 Å². The van der Waals surface area contributed by atoms with Gasteiger partial charge in [-0.3, -0.25) is 9.59 Å². The summed E-state index contributed by atoms with van der Waals surface area (Å²) in [6, 6.07) is 16.2. The summed E-state index contributed by atoms with van der Waals surface area (Å²) in [6.45, 7) is 8.44. The molecule has 0 saturated heterocycles. The lowest BCUT2D eigenvalue weighted by Crippen LogP contribution is -2.51. The highest BCUT2D eigenvalue weighted by Crippen LogP contribution is 2.22. The minimum Gasteiger partial charge on any atom is -0.353 e. The molecule has 144 valence electrons. The van der Waals surface area contributed by atoms with Crippen LogP contribution >= 0.6 is 11.6 Å². The molecule has 0 aliphatic heterocycles. The van der Waals surface area contributed by atoms with E-state index in [0.717, 1.165) is 5.56 Å². The largest absolute Gasteiger partial charge is 0.353 e. The zero-order valence-electron chi connectivity index (χ0n) is 16.3. The van der Waals surface area contributed by atoms with E-state index < -0.39 is 6.04 Å². The molecule has 2 rings (SSSR count). The second kappa shape index (κ2) is 9.05. The summed E-state index contributed by atoms with van der Waals surface area (Å²) in [4.78, 5) is 25.3. The lowest BCUT2D eigenvalue weighted by atomic mass is 9.84. The first-order valence-electron chi connectivity index (χ1n) is 9.11. The molecule has 0 saturated carbocycles. The Morgan fingerprint density at radius 1 is 1.00 bits per heavy atom. The van der Waals surface area contributed by atoms with Crippen LogP contribution < -0.4 is 10.6 Å². The van der Waals surface area contributed by atoms with E-state index in [9.17, 15) is 9.59 Å². The number of rotatable bonds is 7. The first-order valence-corrected chi connectivity index (χ1v) is 9.49. The van der Waals surface area contributed by atoms with E-state index in [4.69, 9.17) is 11.6 Å². The van der Waals surface area contributed by atoms with Crippen LogP contribution in [0.15, 0.2) is 54.6 Å². The van der Waals surface area contributed by atoms with E-state index in [1.54, 1.807) is 24.3 Å². The Balaban J connectivity index is 2.05. The number of carbonyl (C=O) groups excluding carboxylic acids is 2. The van der Waals surface area contributed by atoms with E-state index in [-0.39, 0.29) is 23.1 Å². The van der Waals surface area contributed by atoms with Crippen molar-refractivity contribution in [3.8, 4) is 0 Å². The van der Waals surface area contributed by atoms with Crippen LogP contribution in [-0.2, 0) is 10.2 Å². The van der Waals surface area contributed by atoms with E-state index in [1.165, 1.54) is 0 Å². The highest BCUT2D eigenvalue weighted by Gasteiger charge is 2.28. The minimum atomic E-state index is -0.639. The van der Waals surface area contributed by atoms with Crippen LogP contribution in [0.4, 0.5) is 0 Å². The van der Waals surface area contributed by atoms with Crippen molar-refractivity contribution in [3.05, 3.63) is 70.7 Å². The second-order valence-corrected chi connectivity index (χ2v) is 8.05. The fourth-order valence-electron chi connectivity index (χ4n) is 2.81. The van der Waals surface area contributed by atoms with Crippen LogP contribution in [0.2, 0.25) is 5.02 Å². The lowest BCUT2D eigenvalue weighted by molar-refractivity contribution is -0.124. The third-order valence-corrected chi connectivity index (χ3v) is 4.94. The zero-order valence-corrected chi connectivity index (χ0v) is 17.0. The van der Waals surface area contributed by atoms with Gasteiger partial charge in [0.05, 0.1) is 10.6 Å². The molecule has 5 heteroatoms.